The molecule has 3 aromatic rings. The van der Waals surface area contributed by atoms with Gasteiger partial charge < -0.3 is 14.6 Å². The molecule has 5 nitrogen and oxygen atoms in total. The molecule has 1 N–H and O–H groups in total. The molecule has 0 spiro atoms. The van der Waals surface area contributed by atoms with Crippen molar-refractivity contribution in [3.8, 4) is 11.5 Å². The van der Waals surface area contributed by atoms with Crippen LogP contribution in [-0.2, 0) is 11.3 Å². The SMILES string of the molecule is CCOC(=O)c1ccc(O)c(C(=O)C=Cc2ccc(OCc3ccccc3)cc2)c1. The van der Waals surface area contributed by atoms with Gasteiger partial charge in [0, 0.05) is 0 Å². The summed E-state index contributed by atoms with van der Waals surface area (Å²) in [5.74, 6) is -0.422. The van der Waals surface area contributed by atoms with Gasteiger partial charge in [-0.15, -0.1) is 0 Å². The predicted molar refractivity (Wildman–Crippen MR) is 115 cm³/mol. The molecule has 0 aliphatic carbocycles. The minimum absolute atomic E-state index is 0.0413. The highest BCUT2D eigenvalue weighted by Crippen LogP contribution is 2.21. The van der Waals surface area contributed by atoms with E-state index in [1.807, 2.05) is 54.6 Å². The van der Waals surface area contributed by atoms with E-state index in [4.69, 9.17) is 9.47 Å². The molecule has 0 fully saturated rings. The van der Waals surface area contributed by atoms with Crippen LogP contribution in [-0.4, -0.2) is 23.5 Å². The van der Waals surface area contributed by atoms with Gasteiger partial charge in [0.2, 0.25) is 0 Å². The largest absolute Gasteiger partial charge is 0.507 e. The van der Waals surface area contributed by atoms with Gasteiger partial charge in [0.1, 0.15) is 18.1 Å². The molecule has 3 aromatic carbocycles. The van der Waals surface area contributed by atoms with E-state index in [1.165, 1.54) is 24.3 Å². The van der Waals surface area contributed by atoms with Crippen LogP contribution >= 0.6 is 0 Å². The summed E-state index contributed by atoms with van der Waals surface area (Å²) in [7, 11) is 0. The number of hydrogen-bond acceptors (Lipinski definition) is 5. The van der Waals surface area contributed by atoms with Crippen molar-refractivity contribution in [2.45, 2.75) is 13.5 Å². The molecule has 0 aliphatic rings. The fourth-order valence-electron chi connectivity index (χ4n) is 2.75. The lowest BCUT2D eigenvalue weighted by atomic mass is 10.0. The summed E-state index contributed by atoms with van der Waals surface area (Å²) in [6.07, 6.45) is 2.99. The van der Waals surface area contributed by atoms with E-state index in [9.17, 15) is 14.7 Å². The number of ketones is 1. The second kappa shape index (κ2) is 10.1. The quantitative estimate of drug-likeness (QED) is 0.324. The molecule has 0 saturated carbocycles. The zero-order valence-corrected chi connectivity index (χ0v) is 16.6. The number of phenolic OH excluding ortho intramolecular Hbond substituents is 1. The van der Waals surface area contributed by atoms with Crippen molar-refractivity contribution < 1.29 is 24.2 Å². The van der Waals surface area contributed by atoms with Gasteiger partial charge in [-0.05, 0) is 54.5 Å². The second-order valence-electron chi connectivity index (χ2n) is 6.49. The summed E-state index contributed by atoms with van der Waals surface area (Å²) in [6.45, 7) is 2.41. The third-order valence-corrected chi connectivity index (χ3v) is 4.33. The lowest BCUT2D eigenvalue weighted by Crippen LogP contribution is -2.06. The molecule has 0 saturated heterocycles. The standard InChI is InChI=1S/C25H22O5/c1-2-29-25(28)20-11-15-24(27)22(16-20)23(26)14-10-18-8-12-21(13-9-18)30-17-19-6-4-3-5-7-19/h3-16,27H,2,17H2,1H3. The van der Waals surface area contributed by atoms with E-state index in [0.29, 0.717) is 6.61 Å². The number of aromatic hydroxyl groups is 1. The number of esters is 1. The fraction of sp³-hybridized carbons (Fsp3) is 0.120. The van der Waals surface area contributed by atoms with Crippen LogP contribution in [0.25, 0.3) is 6.08 Å². The molecular formula is C25H22O5. The van der Waals surface area contributed by atoms with E-state index in [2.05, 4.69) is 0 Å². The van der Waals surface area contributed by atoms with Crippen LogP contribution in [0.2, 0.25) is 0 Å². The van der Waals surface area contributed by atoms with Crippen molar-refractivity contribution in [2.24, 2.45) is 0 Å². The van der Waals surface area contributed by atoms with Gasteiger partial charge in [0.15, 0.2) is 5.78 Å². The molecule has 0 radical (unpaired) electrons. The summed E-state index contributed by atoms with van der Waals surface area (Å²) in [6, 6.07) is 21.3. The first-order chi connectivity index (χ1) is 14.6. The number of phenols is 1. The average molecular weight is 402 g/mol. The number of allylic oxidation sites excluding steroid dienone is 1. The number of carbonyl (C=O) groups is 2. The molecule has 3 rings (SSSR count). The van der Waals surface area contributed by atoms with Crippen LogP contribution in [0.5, 0.6) is 11.5 Å². The number of rotatable bonds is 8. The maximum atomic E-state index is 12.5. The van der Waals surface area contributed by atoms with Gasteiger partial charge >= 0.3 is 5.97 Å². The van der Waals surface area contributed by atoms with Gasteiger partial charge in [-0.25, -0.2) is 4.79 Å². The van der Waals surface area contributed by atoms with E-state index in [1.54, 1.807) is 13.0 Å². The van der Waals surface area contributed by atoms with E-state index in [-0.39, 0.29) is 23.5 Å². The Morgan fingerprint density at radius 2 is 1.70 bits per heavy atom. The van der Waals surface area contributed by atoms with E-state index >= 15 is 0 Å². The molecule has 0 atom stereocenters. The highest BCUT2D eigenvalue weighted by atomic mass is 16.5. The van der Waals surface area contributed by atoms with Crippen molar-refractivity contribution in [2.75, 3.05) is 6.61 Å². The summed E-state index contributed by atoms with van der Waals surface area (Å²) < 4.78 is 10.7. The van der Waals surface area contributed by atoms with Crippen molar-refractivity contribution >= 4 is 17.8 Å². The molecule has 152 valence electrons. The molecule has 0 unspecified atom stereocenters. The molecular weight excluding hydrogens is 380 g/mol. The van der Waals surface area contributed by atoms with Crippen LogP contribution in [0.4, 0.5) is 0 Å². The minimum atomic E-state index is -0.540. The van der Waals surface area contributed by atoms with Crippen LogP contribution < -0.4 is 4.74 Å². The van der Waals surface area contributed by atoms with Crippen LogP contribution in [0, 0.1) is 0 Å². The van der Waals surface area contributed by atoms with E-state index < -0.39 is 11.8 Å². The van der Waals surface area contributed by atoms with Gasteiger partial charge in [0.05, 0.1) is 17.7 Å². The first-order valence-corrected chi connectivity index (χ1v) is 9.56. The first-order valence-electron chi connectivity index (χ1n) is 9.56. The van der Waals surface area contributed by atoms with Gasteiger partial charge in [-0.1, -0.05) is 48.5 Å². The monoisotopic (exact) mass is 402 g/mol. The van der Waals surface area contributed by atoms with Crippen LogP contribution in [0.15, 0.2) is 78.9 Å². The number of carbonyl (C=O) groups excluding carboxylic acids is 2. The summed E-state index contributed by atoms with van der Waals surface area (Å²) >= 11 is 0. The van der Waals surface area contributed by atoms with Crippen molar-refractivity contribution in [1.29, 1.82) is 0 Å². The Morgan fingerprint density at radius 1 is 0.967 bits per heavy atom. The van der Waals surface area contributed by atoms with Crippen molar-refractivity contribution in [1.82, 2.24) is 0 Å². The minimum Gasteiger partial charge on any atom is -0.507 e. The number of hydrogen-bond donors (Lipinski definition) is 1. The number of ether oxygens (including phenoxy) is 2. The van der Waals surface area contributed by atoms with Crippen LogP contribution in [0.3, 0.4) is 0 Å². The molecule has 30 heavy (non-hydrogen) atoms. The lowest BCUT2D eigenvalue weighted by molar-refractivity contribution is 0.0526. The Morgan fingerprint density at radius 3 is 2.40 bits per heavy atom. The molecule has 0 amide bonds. The summed E-state index contributed by atoms with van der Waals surface area (Å²) in [4.78, 5) is 24.3. The normalized spacial score (nSPS) is 10.7. The second-order valence-corrected chi connectivity index (χ2v) is 6.49. The highest BCUT2D eigenvalue weighted by Gasteiger charge is 2.14. The Hall–Kier alpha value is -3.86. The molecule has 0 aromatic heterocycles. The third-order valence-electron chi connectivity index (χ3n) is 4.33. The molecule has 0 bridgehead atoms. The predicted octanol–water partition coefficient (Wildman–Crippen LogP) is 5.04. The Kier molecular flexibility index (Phi) is 7.00. The Balaban J connectivity index is 1.64. The number of benzene rings is 3. The van der Waals surface area contributed by atoms with Gasteiger partial charge in [-0.3, -0.25) is 4.79 Å². The first kappa shape index (κ1) is 20.9. The fourth-order valence-corrected chi connectivity index (χ4v) is 2.75. The summed E-state index contributed by atoms with van der Waals surface area (Å²) in [5, 5.41) is 9.98. The highest BCUT2D eigenvalue weighted by molar-refractivity contribution is 6.09. The van der Waals surface area contributed by atoms with Gasteiger partial charge in [0.25, 0.3) is 0 Å². The molecule has 5 heteroatoms. The zero-order valence-electron chi connectivity index (χ0n) is 16.6. The van der Waals surface area contributed by atoms with Crippen molar-refractivity contribution in [3.05, 3.63) is 101 Å². The lowest BCUT2D eigenvalue weighted by Gasteiger charge is -2.06. The Labute approximate surface area is 175 Å². The van der Waals surface area contributed by atoms with Gasteiger partial charge in [-0.2, -0.15) is 0 Å². The summed E-state index contributed by atoms with van der Waals surface area (Å²) in [5.41, 5.74) is 2.14. The third kappa shape index (κ3) is 5.58. The molecule has 0 aliphatic heterocycles. The van der Waals surface area contributed by atoms with Crippen molar-refractivity contribution in [3.63, 3.8) is 0 Å². The van der Waals surface area contributed by atoms with Crippen LogP contribution in [0.1, 0.15) is 38.8 Å². The van der Waals surface area contributed by atoms with E-state index in [0.717, 1.165) is 16.9 Å². The maximum Gasteiger partial charge on any atom is 0.338 e. The smallest absolute Gasteiger partial charge is 0.338 e. The topological polar surface area (TPSA) is 72.8 Å². The molecule has 0 heterocycles. The Bertz CT molecular complexity index is 1040. The maximum absolute atomic E-state index is 12.5. The average Bonchev–Trinajstić information content (AvgIpc) is 2.78. The zero-order chi connectivity index (χ0) is 21.3.